The Balaban J connectivity index is 1.33. The van der Waals surface area contributed by atoms with E-state index in [0.717, 1.165) is 16.3 Å². The maximum atomic E-state index is 12.9. The summed E-state index contributed by atoms with van der Waals surface area (Å²) in [6, 6.07) is 17.0. The van der Waals surface area contributed by atoms with Crippen LogP contribution in [-0.2, 0) is 33.1 Å². The zero-order chi connectivity index (χ0) is 32.8. The summed E-state index contributed by atoms with van der Waals surface area (Å²) < 4.78 is 36.5. The van der Waals surface area contributed by atoms with Gasteiger partial charge in [-0.05, 0) is 73.0 Å². The Morgan fingerprint density at radius 1 is 1.04 bits per heavy atom. The monoisotopic (exact) mass is 690 g/mol. The van der Waals surface area contributed by atoms with Crippen LogP contribution in [0.3, 0.4) is 0 Å². The first kappa shape index (κ1) is 34.2. The number of nitrogens with one attached hydrogen (secondary N) is 1. The van der Waals surface area contributed by atoms with Crippen molar-refractivity contribution in [1.29, 1.82) is 0 Å². The van der Waals surface area contributed by atoms with Crippen LogP contribution in [0, 0.1) is 0 Å². The molecule has 45 heavy (non-hydrogen) atoms. The van der Waals surface area contributed by atoms with Crippen molar-refractivity contribution in [3.05, 3.63) is 104 Å². The molecule has 1 heterocycles. The maximum Gasteiger partial charge on any atom is 0.366 e. The van der Waals surface area contributed by atoms with Crippen molar-refractivity contribution >= 4 is 56.3 Å². The van der Waals surface area contributed by atoms with E-state index in [4.69, 9.17) is 32.7 Å². The maximum absolute atomic E-state index is 12.9. The molecular formula is C32H32Cl2N2O7S2. The molecule has 13 heteroatoms. The number of carbonyl (C=O) groups excluding carboxylic acids is 1. The number of amides is 1. The van der Waals surface area contributed by atoms with E-state index in [0.29, 0.717) is 23.6 Å². The number of carbonyl (C=O) groups is 2. The highest BCUT2D eigenvalue weighted by molar-refractivity contribution is 7.91. The van der Waals surface area contributed by atoms with Gasteiger partial charge in [-0.3, -0.25) is 4.79 Å². The van der Waals surface area contributed by atoms with E-state index in [1.54, 1.807) is 24.3 Å². The molecular weight excluding hydrogens is 659 g/mol. The number of sulfone groups is 1. The third-order valence-electron chi connectivity index (χ3n) is 6.56. The van der Waals surface area contributed by atoms with Gasteiger partial charge >= 0.3 is 5.97 Å². The summed E-state index contributed by atoms with van der Waals surface area (Å²) in [4.78, 5) is 29.7. The van der Waals surface area contributed by atoms with Gasteiger partial charge in [0.15, 0.2) is 9.84 Å². The Labute approximate surface area is 276 Å². The quantitative estimate of drug-likeness (QED) is 0.144. The zero-order valence-corrected chi connectivity index (χ0v) is 27.9. The van der Waals surface area contributed by atoms with Gasteiger partial charge in [-0.1, -0.05) is 56.1 Å². The number of rotatable bonds is 13. The summed E-state index contributed by atoms with van der Waals surface area (Å²) in [5.74, 6) is -1.74. The highest BCUT2D eigenvalue weighted by Crippen LogP contribution is 2.28. The summed E-state index contributed by atoms with van der Waals surface area (Å²) in [5, 5.41) is 15.4. The van der Waals surface area contributed by atoms with Crippen molar-refractivity contribution in [2.45, 2.75) is 56.8 Å². The van der Waals surface area contributed by atoms with Crippen molar-refractivity contribution in [3.63, 3.8) is 0 Å². The van der Waals surface area contributed by atoms with E-state index in [1.165, 1.54) is 53.8 Å². The largest absolute Gasteiger partial charge is 0.486 e. The molecule has 0 saturated carbocycles. The van der Waals surface area contributed by atoms with E-state index >= 15 is 0 Å². The normalized spacial score (nSPS) is 12.4. The van der Waals surface area contributed by atoms with Crippen molar-refractivity contribution in [2.75, 3.05) is 5.75 Å². The molecule has 4 aromatic rings. The van der Waals surface area contributed by atoms with Gasteiger partial charge < -0.3 is 19.9 Å². The number of ether oxygens (including phenoxy) is 2. The molecule has 1 atom stereocenters. The Bertz CT molecular complexity index is 1770. The van der Waals surface area contributed by atoms with Crippen LogP contribution in [0.5, 0.6) is 11.5 Å². The molecule has 3 aromatic carbocycles. The van der Waals surface area contributed by atoms with E-state index in [9.17, 15) is 23.1 Å². The SMILES string of the molecule is CC(C)(C)c1csc(COc2cccc(C(=O)NC(Oc3ccc(CCCS(=O)(=O)c4ccc(Cl)cc4)cc3Cl)C(=O)O)c2)n1. The smallest absolute Gasteiger partial charge is 0.366 e. The predicted octanol–water partition coefficient (Wildman–Crippen LogP) is 6.95. The predicted molar refractivity (Wildman–Crippen MR) is 174 cm³/mol. The minimum atomic E-state index is -3.48. The van der Waals surface area contributed by atoms with Crippen molar-refractivity contribution in [1.82, 2.24) is 10.3 Å². The molecule has 238 valence electrons. The molecule has 9 nitrogen and oxygen atoms in total. The first-order valence-corrected chi connectivity index (χ1v) is 17.1. The standard InChI is InChI=1S/C32H32Cl2N2O7S2/c1-32(2,3)27-19-44-28(35-27)18-42-23-8-4-7-21(17-23)29(37)36-30(31(38)39)43-26-14-9-20(16-25(26)34)6-5-15-45(40,41)24-12-10-22(33)11-13-24/h4,7-14,16-17,19,30H,5-6,15,18H2,1-3H3,(H,36,37)(H,38,39). The average Bonchev–Trinajstić information content (AvgIpc) is 3.47. The van der Waals surface area contributed by atoms with Gasteiger partial charge in [0.2, 0.25) is 0 Å². The van der Waals surface area contributed by atoms with Gasteiger partial charge in [0, 0.05) is 21.4 Å². The molecule has 0 bridgehead atoms. The molecule has 0 saturated heterocycles. The number of carboxylic acid groups (broad SMARTS) is 1. The van der Waals surface area contributed by atoms with E-state index in [1.807, 2.05) is 5.38 Å². The fourth-order valence-electron chi connectivity index (χ4n) is 4.09. The number of halogens is 2. The summed E-state index contributed by atoms with van der Waals surface area (Å²) in [5.41, 5.74) is 1.80. The van der Waals surface area contributed by atoms with Crippen molar-refractivity contribution in [2.24, 2.45) is 0 Å². The Hall–Kier alpha value is -3.64. The highest BCUT2D eigenvalue weighted by Gasteiger charge is 2.24. The number of aryl methyl sites for hydroxylation is 1. The van der Waals surface area contributed by atoms with Gasteiger partial charge in [-0.25, -0.2) is 18.2 Å². The summed E-state index contributed by atoms with van der Waals surface area (Å²) in [6.45, 7) is 6.46. The number of hydrogen-bond acceptors (Lipinski definition) is 8. The molecule has 0 fully saturated rings. The lowest BCUT2D eigenvalue weighted by molar-refractivity contribution is -0.146. The third kappa shape index (κ3) is 9.67. The number of nitrogens with zero attached hydrogens (tertiary/aromatic N) is 1. The van der Waals surface area contributed by atoms with E-state index in [-0.39, 0.29) is 39.0 Å². The summed E-state index contributed by atoms with van der Waals surface area (Å²) >= 11 is 13.7. The molecule has 4 rings (SSSR count). The second kappa shape index (κ2) is 14.6. The summed E-state index contributed by atoms with van der Waals surface area (Å²) in [6.07, 6.45) is -0.995. The fraction of sp³-hybridized carbons (Fsp3) is 0.281. The lowest BCUT2D eigenvalue weighted by atomic mass is 9.93. The third-order valence-corrected chi connectivity index (χ3v) is 9.74. The minimum Gasteiger partial charge on any atom is -0.486 e. The Morgan fingerprint density at radius 2 is 1.78 bits per heavy atom. The number of aromatic nitrogens is 1. The summed E-state index contributed by atoms with van der Waals surface area (Å²) in [7, 11) is -3.48. The zero-order valence-electron chi connectivity index (χ0n) is 24.8. The number of aliphatic carboxylic acids is 1. The van der Waals surface area contributed by atoms with Crippen molar-refractivity contribution in [3.8, 4) is 11.5 Å². The molecule has 1 aromatic heterocycles. The van der Waals surface area contributed by atoms with Gasteiger partial charge in [0.05, 0.1) is 21.4 Å². The second-order valence-corrected chi connectivity index (χ2v) is 15.0. The second-order valence-electron chi connectivity index (χ2n) is 11.1. The van der Waals surface area contributed by atoms with Gasteiger partial charge in [0.1, 0.15) is 23.1 Å². The van der Waals surface area contributed by atoms with Crippen LogP contribution >= 0.6 is 34.5 Å². The van der Waals surface area contributed by atoms with Crippen LogP contribution in [0.2, 0.25) is 10.0 Å². The van der Waals surface area contributed by atoms with Crippen LogP contribution in [0.25, 0.3) is 0 Å². The lowest BCUT2D eigenvalue weighted by Crippen LogP contribution is -2.45. The van der Waals surface area contributed by atoms with E-state index in [2.05, 4.69) is 31.1 Å². The van der Waals surface area contributed by atoms with Crippen LogP contribution in [0.4, 0.5) is 0 Å². The van der Waals surface area contributed by atoms with Crippen LogP contribution in [0.1, 0.15) is 53.8 Å². The minimum absolute atomic E-state index is 0.0389. The molecule has 1 unspecified atom stereocenters. The first-order chi connectivity index (χ1) is 21.2. The van der Waals surface area contributed by atoms with Crippen molar-refractivity contribution < 1.29 is 32.6 Å². The Kier molecular flexibility index (Phi) is 11.1. The lowest BCUT2D eigenvalue weighted by Gasteiger charge is -2.18. The van der Waals surface area contributed by atoms with Gasteiger partial charge in [-0.15, -0.1) is 11.3 Å². The van der Waals surface area contributed by atoms with Crippen LogP contribution in [-0.4, -0.2) is 42.4 Å². The van der Waals surface area contributed by atoms with Crippen LogP contribution in [0.15, 0.2) is 77.0 Å². The van der Waals surface area contributed by atoms with Gasteiger partial charge in [0.25, 0.3) is 12.1 Å². The van der Waals surface area contributed by atoms with Crippen LogP contribution < -0.4 is 14.8 Å². The average molecular weight is 692 g/mol. The van der Waals surface area contributed by atoms with E-state index < -0.39 is 27.9 Å². The number of thiazole rings is 1. The molecule has 1 amide bonds. The molecule has 0 aliphatic carbocycles. The molecule has 0 aliphatic rings. The topological polar surface area (TPSA) is 132 Å². The number of benzene rings is 3. The Morgan fingerprint density at radius 3 is 2.42 bits per heavy atom. The first-order valence-electron chi connectivity index (χ1n) is 13.9. The number of hydrogen-bond donors (Lipinski definition) is 2. The molecule has 2 N–H and O–H groups in total. The van der Waals surface area contributed by atoms with Gasteiger partial charge in [-0.2, -0.15) is 0 Å². The molecule has 0 radical (unpaired) electrons. The number of carboxylic acids is 1. The highest BCUT2D eigenvalue weighted by atomic mass is 35.5. The molecule has 0 spiro atoms. The fourth-order valence-corrected chi connectivity index (χ4v) is 6.70. The molecule has 0 aliphatic heterocycles.